The molecule has 1 N–H and O–H groups in total. The van der Waals surface area contributed by atoms with Crippen molar-refractivity contribution in [3.8, 4) is 5.75 Å². The summed E-state index contributed by atoms with van der Waals surface area (Å²) < 4.78 is 6.70. The molecule has 0 saturated heterocycles. The first-order valence-electron chi connectivity index (χ1n) is 7.05. The third kappa shape index (κ3) is 5.34. The van der Waals surface area contributed by atoms with Crippen LogP contribution in [-0.2, 0) is 13.2 Å². The Bertz CT molecular complexity index is 589. The standard InChI is InChI=1S/C17H19BrClNO/c1-2-8-20-11-13-4-3-5-14(9-13)12-21-17-7-6-15(19)10-16(17)18/h3-7,9-10,20H,2,8,11-12H2,1H3. The summed E-state index contributed by atoms with van der Waals surface area (Å²) in [5.41, 5.74) is 2.44. The zero-order chi connectivity index (χ0) is 15.1. The van der Waals surface area contributed by atoms with Gasteiger partial charge in [0.25, 0.3) is 0 Å². The van der Waals surface area contributed by atoms with Gasteiger partial charge in [0.2, 0.25) is 0 Å². The molecule has 112 valence electrons. The summed E-state index contributed by atoms with van der Waals surface area (Å²) in [5.74, 6) is 0.800. The molecule has 0 bridgehead atoms. The highest BCUT2D eigenvalue weighted by atomic mass is 79.9. The Morgan fingerprint density at radius 1 is 1.14 bits per heavy atom. The molecule has 2 nitrogen and oxygen atoms in total. The highest BCUT2D eigenvalue weighted by Crippen LogP contribution is 2.28. The van der Waals surface area contributed by atoms with Crippen LogP contribution in [0.15, 0.2) is 46.9 Å². The number of nitrogens with one attached hydrogen (secondary N) is 1. The first-order valence-corrected chi connectivity index (χ1v) is 8.22. The lowest BCUT2D eigenvalue weighted by Crippen LogP contribution is -2.13. The van der Waals surface area contributed by atoms with Gasteiger partial charge >= 0.3 is 0 Å². The molecule has 0 amide bonds. The van der Waals surface area contributed by atoms with Crippen molar-refractivity contribution in [2.75, 3.05) is 6.54 Å². The van der Waals surface area contributed by atoms with Crippen molar-refractivity contribution in [1.82, 2.24) is 5.32 Å². The lowest BCUT2D eigenvalue weighted by Gasteiger charge is -2.10. The van der Waals surface area contributed by atoms with E-state index < -0.39 is 0 Å². The molecular weight excluding hydrogens is 350 g/mol. The van der Waals surface area contributed by atoms with E-state index in [1.165, 1.54) is 5.56 Å². The van der Waals surface area contributed by atoms with Crippen molar-refractivity contribution >= 4 is 27.5 Å². The third-order valence-electron chi connectivity index (χ3n) is 3.04. The molecular formula is C17H19BrClNO. The number of hydrogen-bond acceptors (Lipinski definition) is 2. The highest BCUT2D eigenvalue weighted by molar-refractivity contribution is 9.10. The SMILES string of the molecule is CCCNCc1cccc(COc2ccc(Cl)cc2Br)c1. The fourth-order valence-electron chi connectivity index (χ4n) is 1.99. The van der Waals surface area contributed by atoms with Crippen molar-refractivity contribution in [2.24, 2.45) is 0 Å². The van der Waals surface area contributed by atoms with E-state index in [2.05, 4.69) is 52.4 Å². The molecule has 0 spiro atoms. The van der Waals surface area contributed by atoms with Crippen molar-refractivity contribution in [1.29, 1.82) is 0 Å². The second-order valence-corrected chi connectivity index (χ2v) is 6.15. The van der Waals surface area contributed by atoms with Gasteiger partial charge in [-0.3, -0.25) is 0 Å². The molecule has 0 unspecified atom stereocenters. The lowest BCUT2D eigenvalue weighted by molar-refractivity contribution is 0.304. The molecule has 21 heavy (non-hydrogen) atoms. The van der Waals surface area contributed by atoms with Crippen molar-refractivity contribution < 1.29 is 4.74 Å². The smallest absolute Gasteiger partial charge is 0.134 e. The van der Waals surface area contributed by atoms with Gasteiger partial charge < -0.3 is 10.1 Å². The van der Waals surface area contributed by atoms with E-state index in [0.717, 1.165) is 35.3 Å². The Hall–Kier alpha value is -1.03. The van der Waals surface area contributed by atoms with Crippen LogP contribution in [0.5, 0.6) is 5.75 Å². The van der Waals surface area contributed by atoms with Gasteiger partial charge in [-0.05, 0) is 58.2 Å². The molecule has 2 rings (SSSR count). The Labute approximate surface area is 139 Å². The van der Waals surface area contributed by atoms with E-state index in [4.69, 9.17) is 16.3 Å². The maximum absolute atomic E-state index is 5.92. The highest BCUT2D eigenvalue weighted by Gasteiger charge is 2.03. The number of ether oxygens (including phenoxy) is 1. The van der Waals surface area contributed by atoms with Gasteiger partial charge in [-0.25, -0.2) is 0 Å². The quantitative estimate of drug-likeness (QED) is 0.680. The van der Waals surface area contributed by atoms with Crippen LogP contribution in [0.2, 0.25) is 5.02 Å². The van der Waals surface area contributed by atoms with Crippen LogP contribution < -0.4 is 10.1 Å². The monoisotopic (exact) mass is 367 g/mol. The number of hydrogen-bond donors (Lipinski definition) is 1. The second-order valence-electron chi connectivity index (χ2n) is 4.86. The van der Waals surface area contributed by atoms with Crippen LogP contribution in [0.1, 0.15) is 24.5 Å². The predicted molar refractivity (Wildman–Crippen MR) is 91.9 cm³/mol. The molecule has 0 saturated carbocycles. The van der Waals surface area contributed by atoms with Crippen LogP contribution >= 0.6 is 27.5 Å². The van der Waals surface area contributed by atoms with E-state index in [-0.39, 0.29) is 0 Å². The maximum Gasteiger partial charge on any atom is 0.134 e. The summed E-state index contributed by atoms with van der Waals surface area (Å²) in [6, 6.07) is 14.0. The summed E-state index contributed by atoms with van der Waals surface area (Å²) in [4.78, 5) is 0. The van der Waals surface area contributed by atoms with Gasteiger partial charge in [0.1, 0.15) is 12.4 Å². The van der Waals surface area contributed by atoms with Crippen LogP contribution in [0.4, 0.5) is 0 Å². The van der Waals surface area contributed by atoms with Gasteiger partial charge in [-0.2, -0.15) is 0 Å². The molecule has 4 heteroatoms. The average Bonchev–Trinajstić information content (AvgIpc) is 2.47. The molecule has 0 radical (unpaired) electrons. The van der Waals surface area contributed by atoms with Gasteiger partial charge in [0.05, 0.1) is 4.47 Å². The topological polar surface area (TPSA) is 21.3 Å². The third-order valence-corrected chi connectivity index (χ3v) is 3.89. The molecule has 0 fully saturated rings. The van der Waals surface area contributed by atoms with Gasteiger partial charge in [-0.1, -0.05) is 42.8 Å². The Balaban J connectivity index is 1.95. The molecule has 0 aliphatic heterocycles. The molecule has 2 aromatic carbocycles. The normalized spacial score (nSPS) is 10.6. The molecule has 0 heterocycles. The summed E-state index contributed by atoms with van der Waals surface area (Å²) in [6.45, 7) is 4.65. The minimum Gasteiger partial charge on any atom is -0.488 e. The van der Waals surface area contributed by atoms with Crippen LogP contribution in [0, 0.1) is 0 Å². The van der Waals surface area contributed by atoms with Crippen LogP contribution in [0.25, 0.3) is 0 Å². The minimum absolute atomic E-state index is 0.544. The van der Waals surface area contributed by atoms with Gasteiger partial charge in [0.15, 0.2) is 0 Å². The van der Waals surface area contributed by atoms with E-state index in [0.29, 0.717) is 11.6 Å². The molecule has 2 aromatic rings. The maximum atomic E-state index is 5.92. The first-order chi connectivity index (χ1) is 10.2. The van der Waals surface area contributed by atoms with E-state index >= 15 is 0 Å². The van der Waals surface area contributed by atoms with Crippen molar-refractivity contribution in [3.63, 3.8) is 0 Å². The Morgan fingerprint density at radius 2 is 1.95 bits per heavy atom. The second kappa shape index (κ2) is 8.42. The number of halogens is 2. The van der Waals surface area contributed by atoms with E-state index in [1.54, 1.807) is 0 Å². The summed E-state index contributed by atoms with van der Waals surface area (Å²) in [6.07, 6.45) is 1.15. The first kappa shape index (κ1) is 16.3. The van der Waals surface area contributed by atoms with Crippen molar-refractivity contribution in [3.05, 3.63) is 63.1 Å². The van der Waals surface area contributed by atoms with E-state index in [9.17, 15) is 0 Å². The lowest BCUT2D eigenvalue weighted by atomic mass is 10.1. The molecule has 0 aromatic heterocycles. The fraction of sp³-hybridized carbons (Fsp3) is 0.294. The molecule has 0 atom stereocenters. The summed E-state index contributed by atoms with van der Waals surface area (Å²) in [5, 5.41) is 4.10. The molecule has 0 aliphatic carbocycles. The van der Waals surface area contributed by atoms with E-state index in [1.807, 2.05) is 18.2 Å². The van der Waals surface area contributed by atoms with Crippen molar-refractivity contribution in [2.45, 2.75) is 26.5 Å². The minimum atomic E-state index is 0.544. The fourth-order valence-corrected chi connectivity index (χ4v) is 2.79. The molecule has 0 aliphatic rings. The zero-order valence-electron chi connectivity index (χ0n) is 12.0. The summed E-state index contributed by atoms with van der Waals surface area (Å²) in [7, 11) is 0. The van der Waals surface area contributed by atoms with Crippen LogP contribution in [0.3, 0.4) is 0 Å². The largest absolute Gasteiger partial charge is 0.488 e. The number of rotatable bonds is 7. The predicted octanol–water partition coefficient (Wildman–Crippen LogP) is 5.18. The van der Waals surface area contributed by atoms with Crippen LogP contribution in [-0.4, -0.2) is 6.54 Å². The van der Waals surface area contributed by atoms with Gasteiger partial charge in [0, 0.05) is 11.6 Å². The summed E-state index contributed by atoms with van der Waals surface area (Å²) >= 11 is 9.38. The zero-order valence-corrected chi connectivity index (χ0v) is 14.4. The number of benzene rings is 2. The Morgan fingerprint density at radius 3 is 2.71 bits per heavy atom. The Kier molecular flexibility index (Phi) is 6.55. The van der Waals surface area contributed by atoms with Gasteiger partial charge in [-0.15, -0.1) is 0 Å². The average molecular weight is 369 g/mol.